The summed E-state index contributed by atoms with van der Waals surface area (Å²) in [5.41, 5.74) is 3.63. The lowest BCUT2D eigenvalue weighted by Crippen LogP contribution is -2.12. The van der Waals surface area contributed by atoms with E-state index in [9.17, 15) is 0 Å². The normalized spacial score (nSPS) is 12.5. The van der Waals surface area contributed by atoms with Crippen LogP contribution >= 0.6 is 22.6 Å². The number of rotatable bonds is 3. The van der Waals surface area contributed by atoms with Gasteiger partial charge < -0.3 is 5.32 Å². The average molecular weight is 341 g/mol. The molecule has 0 aliphatic carbocycles. The highest BCUT2D eigenvalue weighted by atomic mass is 127. The van der Waals surface area contributed by atoms with Crippen molar-refractivity contribution in [2.24, 2.45) is 7.05 Å². The van der Waals surface area contributed by atoms with Gasteiger partial charge >= 0.3 is 0 Å². The van der Waals surface area contributed by atoms with Crippen molar-refractivity contribution in [3.8, 4) is 0 Å². The smallest absolute Gasteiger partial charge is 0.0654 e. The maximum Gasteiger partial charge on any atom is 0.0654 e. The molecule has 0 radical (unpaired) electrons. The maximum absolute atomic E-state index is 4.19. The minimum atomic E-state index is 0.251. The molecule has 0 amide bonds. The zero-order valence-electron chi connectivity index (χ0n) is 10.2. The van der Waals surface area contributed by atoms with Gasteiger partial charge in [0.15, 0.2) is 0 Å². The fourth-order valence-electron chi connectivity index (χ4n) is 1.91. The third-order valence-electron chi connectivity index (χ3n) is 2.86. The Morgan fingerprint density at radius 3 is 2.71 bits per heavy atom. The molecule has 1 heterocycles. The lowest BCUT2D eigenvalue weighted by atomic mass is 10.1. The predicted octanol–water partition coefficient (Wildman–Crippen LogP) is 3.51. The molecule has 2 aromatic rings. The van der Waals surface area contributed by atoms with Gasteiger partial charge in [-0.2, -0.15) is 5.10 Å². The van der Waals surface area contributed by atoms with E-state index in [-0.39, 0.29) is 6.04 Å². The Hall–Kier alpha value is -1.04. The molecule has 90 valence electrons. The van der Waals surface area contributed by atoms with E-state index < -0.39 is 0 Å². The van der Waals surface area contributed by atoms with Crippen LogP contribution in [0.3, 0.4) is 0 Å². The summed E-state index contributed by atoms with van der Waals surface area (Å²) in [6.07, 6.45) is 1.83. The van der Waals surface area contributed by atoms with Crippen molar-refractivity contribution >= 4 is 28.3 Å². The van der Waals surface area contributed by atoms with Gasteiger partial charge in [0.1, 0.15) is 0 Å². The number of hydrogen-bond donors (Lipinski definition) is 1. The third kappa shape index (κ3) is 2.80. The van der Waals surface area contributed by atoms with Crippen molar-refractivity contribution in [3.63, 3.8) is 0 Å². The lowest BCUT2D eigenvalue weighted by Gasteiger charge is -2.17. The first-order chi connectivity index (χ1) is 8.08. The van der Waals surface area contributed by atoms with Crippen molar-refractivity contribution in [2.75, 3.05) is 5.32 Å². The summed E-state index contributed by atoms with van der Waals surface area (Å²) in [6.45, 7) is 4.27. The zero-order valence-corrected chi connectivity index (χ0v) is 12.4. The first kappa shape index (κ1) is 12.4. The van der Waals surface area contributed by atoms with Crippen LogP contribution in [0, 0.1) is 10.5 Å². The first-order valence-electron chi connectivity index (χ1n) is 5.58. The molecule has 0 bridgehead atoms. The average Bonchev–Trinajstić information content (AvgIpc) is 2.68. The number of halogens is 1. The number of aromatic nitrogens is 2. The molecule has 3 nitrogen and oxygen atoms in total. The van der Waals surface area contributed by atoms with Gasteiger partial charge in [0, 0.05) is 22.5 Å². The standard InChI is InChI=1S/C13H16IN3/c1-9-8-11(14)4-5-12(9)16-10(2)13-6-7-15-17(13)3/h4-8,10,16H,1-3H3. The van der Waals surface area contributed by atoms with E-state index in [1.807, 2.05) is 24.0 Å². The highest BCUT2D eigenvalue weighted by molar-refractivity contribution is 14.1. The van der Waals surface area contributed by atoms with Crippen LogP contribution in [-0.4, -0.2) is 9.78 Å². The van der Waals surface area contributed by atoms with Crippen LogP contribution < -0.4 is 5.32 Å². The summed E-state index contributed by atoms with van der Waals surface area (Å²) in [5, 5.41) is 7.71. The van der Waals surface area contributed by atoms with Gasteiger partial charge in [0.25, 0.3) is 0 Å². The SMILES string of the molecule is Cc1cc(I)ccc1NC(C)c1ccnn1C. The highest BCUT2D eigenvalue weighted by Crippen LogP contribution is 2.23. The fourth-order valence-corrected chi connectivity index (χ4v) is 2.55. The Bertz CT molecular complexity index is 519. The number of nitrogens with one attached hydrogen (secondary N) is 1. The van der Waals surface area contributed by atoms with E-state index in [0.717, 1.165) is 0 Å². The molecule has 1 unspecified atom stereocenters. The van der Waals surface area contributed by atoms with Crippen molar-refractivity contribution in [2.45, 2.75) is 19.9 Å². The molecule has 1 aromatic heterocycles. The van der Waals surface area contributed by atoms with E-state index in [1.54, 1.807) is 0 Å². The van der Waals surface area contributed by atoms with Gasteiger partial charge in [-0.3, -0.25) is 4.68 Å². The summed E-state index contributed by atoms with van der Waals surface area (Å²) in [5.74, 6) is 0. The molecular formula is C13H16IN3. The zero-order chi connectivity index (χ0) is 12.4. The van der Waals surface area contributed by atoms with Crippen LogP contribution in [0.25, 0.3) is 0 Å². The van der Waals surface area contributed by atoms with Crippen LogP contribution in [-0.2, 0) is 7.05 Å². The van der Waals surface area contributed by atoms with Gasteiger partial charge in [0.05, 0.1) is 11.7 Å². The molecule has 0 aliphatic rings. The van der Waals surface area contributed by atoms with Gasteiger partial charge in [-0.05, 0) is 66.3 Å². The Balaban J connectivity index is 2.19. The Labute approximate surface area is 115 Å². The van der Waals surface area contributed by atoms with Crippen molar-refractivity contribution in [3.05, 3.63) is 45.3 Å². The molecule has 17 heavy (non-hydrogen) atoms. The van der Waals surface area contributed by atoms with Crippen LogP contribution in [0.4, 0.5) is 5.69 Å². The van der Waals surface area contributed by atoms with Crippen molar-refractivity contribution in [1.29, 1.82) is 0 Å². The van der Waals surface area contributed by atoms with Gasteiger partial charge in [-0.25, -0.2) is 0 Å². The van der Waals surface area contributed by atoms with Gasteiger partial charge in [0.2, 0.25) is 0 Å². The second-order valence-corrected chi connectivity index (χ2v) is 5.45. The quantitative estimate of drug-likeness (QED) is 0.866. The van der Waals surface area contributed by atoms with E-state index in [2.05, 4.69) is 65.1 Å². The topological polar surface area (TPSA) is 29.9 Å². The second kappa shape index (κ2) is 5.08. The molecule has 1 atom stereocenters. The molecule has 0 spiro atoms. The van der Waals surface area contributed by atoms with E-state index in [1.165, 1.54) is 20.5 Å². The summed E-state index contributed by atoms with van der Waals surface area (Å²) in [4.78, 5) is 0. The second-order valence-electron chi connectivity index (χ2n) is 4.20. The van der Waals surface area contributed by atoms with E-state index in [4.69, 9.17) is 0 Å². The molecule has 2 rings (SSSR count). The number of nitrogens with zero attached hydrogens (tertiary/aromatic N) is 2. The molecule has 1 aromatic carbocycles. The number of anilines is 1. The van der Waals surface area contributed by atoms with E-state index >= 15 is 0 Å². The largest absolute Gasteiger partial charge is 0.377 e. The minimum absolute atomic E-state index is 0.251. The number of hydrogen-bond acceptors (Lipinski definition) is 2. The third-order valence-corrected chi connectivity index (χ3v) is 3.53. The van der Waals surface area contributed by atoms with Crippen molar-refractivity contribution < 1.29 is 0 Å². The van der Waals surface area contributed by atoms with Crippen LogP contribution in [0.5, 0.6) is 0 Å². The molecule has 1 N–H and O–H groups in total. The van der Waals surface area contributed by atoms with Gasteiger partial charge in [-0.1, -0.05) is 0 Å². The number of aryl methyl sites for hydroxylation is 2. The Kier molecular flexibility index (Phi) is 3.71. The Morgan fingerprint density at radius 1 is 1.35 bits per heavy atom. The van der Waals surface area contributed by atoms with Crippen LogP contribution in [0.2, 0.25) is 0 Å². The summed E-state index contributed by atoms with van der Waals surface area (Å²) in [7, 11) is 1.97. The summed E-state index contributed by atoms with van der Waals surface area (Å²) < 4.78 is 3.17. The minimum Gasteiger partial charge on any atom is -0.377 e. The Morgan fingerprint density at radius 2 is 2.12 bits per heavy atom. The molecule has 0 fully saturated rings. The molecule has 0 saturated heterocycles. The molecule has 4 heteroatoms. The van der Waals surface area contributed by atoms with Crippen LogP contribution in [0.1, 0.15) is 24.2 Å². The fraction of sp³-hybridized carbons (Fsp3) is 0.308. The summed E-state index contributed by atoms with van der Waals surface area (Å²) in [6, 6.07) is 8.72. The van der Waals surface area contributed by atoms with Crippen molar-refractivity contribution in [1.82, 2.24) is 9.78 Å². The molecule has 0 aliphatic heterocycles. The molecule has 0 saturated carbocycles. The van der Waals surface area contributed by atoms with Crippen LogP contribution in [0.15, 0.2) is 30.5 Å². The highest BCUT2D eigenvalue weighted by Gasteiger charge is 2.10. The first-order valence-corrected chi connectivity index (χ1v) is 6.66. The summed E-state index contributed by atoms with van der Waals surface area (Å²) >= 11 is 2.33. The lowest BCUT2D eigenvalue weighted by molar-refractivity contribution is 0.675. The maximum atomic E-state index is 4.19. The predicted molar refractivity (Wildman–Crippen MR) is 79.1 cm³/mol. The monoisotopic (exact) mass is 341 g/mol. The molecular weight excluding hydrogens is 325 g/mol. The van der Waals surface area contributed by atoms with E-state index in [0.29, 0.717) is 0 Å². The number of benzene rings is 1. The van der Waals surface area contributed by atoms with Gasteiger partial charge in [-0.15, -0.1) is 0 Å².